The number of aromatic hydroxyl groups is 1. The van der Waals surface area contributed by atoms with Crippen molar-refractivity contribution in [3.8, 4) is 5.75 Å². The molecule has 0 aliphatic heterocycles. The van der Waals surface area contributed by atoms with Crippen molar-refractivity contribution in [2.75, 3.05) is 48.9 Å². The summed E-state index contributed by atoms with van der Waals surface area (Å²) < 4.78 is 11.1. The van der Waals surface area contributed by atoms with Crippen molar-refractivity contribution in [1.82, 2.24) is 20.3 Å². The Morgan fingerprint density at radius 2 is 1.33 bits per heavy atom. The summed E-state index contributed by atoms with van der Waals surface area (Å²) in [5.74, 6) is 1.02. The van der Waals surface area contributed by atoms with Crippen LogP contribution in [0.5, 0.6) is 5.75 Å². The second-order valence-electron chi connectivity index (χ2n) is 10.2. The standard InChI is InChI=1S/C33H39N7O5/c1-23(41)7-6-19-44-21-22-45-20-18-34-31-38-32(40-33(39-31)37-28-14-16-29(42)17-15-28)36-27-12-10-26(11-13-27)30(43)35-24(2)25-8-4-3-5-9-25/h3-5,8-17,24,42H,6-7,18-22H2,1-2H3,(H,35,43)(H3,34,36,37,38,39,40)/t24-/m0/s1. The number of benzene rings is 3. The van der Waals surface area contributed by atoms with Gasteiger partial charge in [-0.15, -0.1) is 0 Å². The van der Waals surface area contributed by atoms with Crippen molar-refractivity contribution in [1.29, 1.82) is 0 Å². The molecule has 45 heavy (non-hydrogen) atoms. The lowest BCUT2D eigenvalue weighted by Gasteiger charge is -2.15. The molecule has 4 rings (SSSR count). The van der Waals surface area contributed by atoms with Crippen LogP contribution in [0, 0.1) is 0 Å². The Hall–Kier alpha value is -5.07. The van der Waals surface area contributed by atoms with Crippen LogP contribution in [0.4, 0.5) is 29.2 Å². The van der Waals surface area contributed by atoms with E-state index in [2.05, 4.69) is 36.2 Å². The fourth-order valence-corrected chi connectivity index (χ4v) is 4.16. The van der Waals surface area contributed by atoms with Gasteiger partial charge >= 0.3 is 0 Å². The van der Waals surface area contributed by atoms with Crippen LogP contribution in [0.15, 0.2) is 78.9 Å². The van der Waals surface area contributed by atoms with E-state index in [9.17, 15) is 14.7 Å². The Morgan fingerprint density at radius 1 is 0.756 bits per heavy atom. The molecule has 0 spiro atoms. The zero-order valence-corrected chi connectivity index (χ0v) is 25.5. The summed E-state index contributed by atoms with van der Waals surface area (Å²) >= 11 is 0. The number of nitrogens with zero attached hydrogens (tertiary/aromatic N) is 3. The second kappa shape index (κ2) is 17.3. The van der Waals surface area contributed by atoms with Crippen LogP contribution < -0.4 is 21.3 Å². The summed E-state index contributed by atoms with van der Waals surface area (Å²) in [7, 11) is 0. The predicted octanol–water partition coefficient (Wildman–Crippen LogP) is 5.37. The Bertz CT molecular complexity index is 1500. The topological polar surface area (TPSA) is 160 Å². The highest BCUT2D eigenvalue weighted by Crippen LogP contribution is 2.21. The summed E-state index contributed by atoms with van der Waals surface area (Å²) in [6.07, 6.45) is 1.23. The lowest BCUT2D eigenvalue weighted by Crippen LogP contribution is -2.26. The van der Waals surface area contributed by atoms with E-state index in [-0.39, 0.29) is 35.4 Å². The number of anilines is 5. The number of nitrogens with one attached hydrogen (secondary N) is 4. The molecule has 1 aromatic heterocycles. The lowest BCUT2D eigenvalue weighted by molar-refractivity contribution is -0.117. The first-order valence-electron chi connectivity index (χ1n) is 14.8. The summed E-state index contributed by atoms with van der Waals surface area (Å²) in [6.45, 7) is 5.77. The molecule has 12 heteroatoms. The number of phenols is 1. The van der Waals surface area contributed by atoms with Gasteiger partial charge in [0, 0.05) is 36.5 Å². The highest BCUT2D eigenvalue weighted by molar-refractivity contribution is 5.94. The number of hydrogen-bond acceptors (Lipinski definition) is 11. The van der Waals surface area contributed by atoms with E-state index in [4.69, 9.17) is 9.47 Å². The van der Waals surface area contributed by atoms with E-state index < -0.39 is 0 Å². The van der Waals surface area contributed by atoms with E-state index in [1.807, 2.05) is 37.3 Å². The first kappa shape index (κ1) is 32.8. The van der Waals surface area contributed by atoms with Crippen molar-refractivity contribution >= 4 is 40.9 Å². The van der Waals surface area contributed by atoms with Crippen LogP contribution in [0.25, 0.3) is 0 Å². The van der Waals surface area contributed by atoms with Gasteiger partial charge in [0.05, 0.1) is 25.9 Å². The molecule has 12 nitrogen and oxygen atoms in total. The monoisotopic (exact) mass is 613 g/mol. The molecule has 5 N–H and O–H groups in total. The minimum atomic E-state index is -0.174. The summed E-state index contributed by atoms with van der Waals surface area (Å²) in [5.41, 5.74) is 2.92. The third-order valence-corrected chi connectivity index (χ3v) is 6.53. The van der Waals surface area contributed by atoms with Gasteiger partial charge in [-0.1, -0.05) is 30.3 Å². The smallest absolute Gasteiger partial charge is 0.251 e. The Morgan fingerprint density at radius 3 is 1.96 bits per heavy atom. The molecular formula is C33H39N7O5. The molecule has 0 fully saturated rings. The quantitative estimate of drug-likeness (QED) is 0.0725. The van der Waals surface area contributed by atoms with Crippen molar-refractivity contribution in [3.63, 3.8) is 0 Å². The number of ketones is 1. The SMILES string of the molecule is CC(=O)CCCOCCOCCNc1nc(Nc2ccc(O)cc2)nc(Nc2ccc(C(=O)N[C@@H](C)c3ccccc3)cc2)n1. The zero-order valence-electron chi connectivity index (χ0n) is 25.5. The van der Waals surface area contributed by atoms with Crippen LogP contribution in [0.3, 0.4) is 0 Å². The number of amides is 1. The molecule has 236 valence electrons. The average molecular weight is 614 g/mol. The summed E-state index contributed by atoms with van der Waals surface area (Å²) in [5, 5.41) is 22.1. The molecule has 0 aliphatic carbocycles. The molecule has 3 aromatic carbocycles. The number of hydrogen-bond donors (Lipinski definition) is 5. The number of aromatic nitrogens is 3. The number of ether oxygens (including phenoxy) is 2. The van der Waals surface area contributed by atoms with Gasteiger partial charge in [0.1, 0.15) is 11.5 Å². The average Bonchev–Trinajstić information content (AvgIpc) is 3.03. The predicted molar refractivity (Wildman–Crippen MR) is 173 cm³/mol. The van der Waals surface area contributed by atoms with Gasteiger partial charge in [-0.05, 0) is 74.4 Å². The number of rotatable bonds is 18. The highest BCUT2D eigenvalue weighted by atomic mass is 16.5. The van der Waals surface area contributed by atoms with Crippen molar-refractivity contribution < 1.29 is 24.2 Å². The number of carbonyl (C=O) groups excluding carboxylic acids is 2. The first-order valence-corrected chi connectivity index (χ1v) is 14.8. The van der Waals surface area contributed by atoms with Crippen molar-refractivity contribution in [2.45, 2.75) is 32.7 Å². The maximum absolute atomic E-state index is 12.8. The Labute approximate surface area is 262 Å². The normalized spacial score (nSPS) is 11.4. The van der Waals surface area contributed by atoms with E-state index in [0.717, 1.165) is 5.56 Å². The molecule has 0 saturated heterocycles. The molecule has 1 atom stereocenters. The van der Waals surface area contributed by atoms with Crippen LogP contribution in [-0.2, 0) is 14.3 Å². The summed E-state index contributed by atoms with van der Waals surface area (Å²) in [6, 6.07) is 23.2. The van der Waals surface area contributed by atoms with E-state index in [1.54, 1.807) is 55.5 Å². The Kier molecular flexibility index (Phi) is 12.6. The largest absolute Gasteiger partial charge is 0.508 e. The van der Waals surface area contributed by atoms with E-state index >= 15 is 0 Å². The molecule has 0 unspecified atom stereocenters. The Balaban J connectivity index is 1.34. The van der Waals surface area contributed by atoms with Gasteiger partial charge < -0.3 is 40.6 Å². The third-order valence-electron chi connectivity index (χ3n) is 6.53. The maximum atomic E-state index is 12.8. The van der Waals surface area contributed by atoms with Crippen LogP contribution in [0.2, 0.25) is 0 Å². The van der Waals surface area contributed by atoms with E-state index in [1.165, 1.54) is 0 Å². The molecule has 1 heterocycles. The molecule has 0 aliphatic rings. The molecule has 1 amide bonds. The number of carbonyl (C=O) groups is 2. The van der Waals surface area contributed by atoms with Crippen molar-refractivity contribution in [3.05, 3.63) is 90.0 Å². The second-order valence-corrected chi connectivity index (χ2v) is 10.2. The number of phenolic OH excluding ortho intramolecular Hbond substituents is 1. The molecule has 4 aromatic rings. The van der Waals surface area contributed by atoms with E-state index in [0.29, 0.717) is 68.7 Å². The van der Waals surface area contributed by atoms with Gasteiger partial charge in [0.25, 0.3) is 5.91 Å². The van der Waals surface area contributed by atoms with Gasteiger partial charge in [-0.2, -0.15) is 15.0 Å². The van der Waals surface area contributed by atoms with Gasteiger partial charge in [-0.3, -0.25) is 4.79 Å². The third kappa shape index (κ3) is 11.5. The van der Waals surface area contributed by atoms with Gasteiger partial charge in [0.2, 0.25) is 17.8 Å². The molecule has 0 radical (unpaired) electrons. The molecular weight excluding hydrogens is 574 g/mol. The summed E-state index contributed by atoms with van der Waals surface area (Å²) in [4.78, 5) is 37.2. The fourth-order valence-electron chi connectivity index (χ4n) is 4.16. The first-order chi connectivity index (χ1) is 21.9. The van der Waals surface area contributed by atoms with Crippen LogP contribution in [-0.4, -0.2) is 64.7 Å². The van der Waals surface area contributed by atoms with Gasteiger partial charge in [0.15, 0.2) is 0 Å². The van der Waals surface area contributed by atoms with Gasteiger partial charge in [-0.25, -0.2) is 0 Å². The zero-order chi connectivity index (χ0) is 31.9. The van der Waals surface area contributed by atoms with Crippen molar-refractivity contribution in [2.24, 2.45) is 0 Å². The number of Topliss-reactive ketones (excluding diaryl/α,β-unsaturated/α-hetero) is 1. The minimum absolute atomic E-state index is 0.130. The minimum Gasteiger partial charge on any atom is -0.508 e. The lowest BCUT2D eigenvalue weighted by atomic mass is 10.1. The fraction of sp³-hybridized carbons (Fsp3) is 0.303. The van der Waals surface area contributed by atoms with Crippen LogP contribution >= 0.6 is 0 Å². The molecule has 0 saturated carbocycles. The maximum Gasteiger partial charge on any atom is 0.251 e. The van der Waals surface area contributed by atoms with Crippen LogP contribution in [0.1, 0.15) is 48.7 Å². The highest BCUT2D eigenvalue weighted by Gasteiger charge is 2.12. The molecule has 0 bridgehead atoms.